The molecule has 0 saturated carbocycles. The third kappa shape index (κ3) is 3.08. The maximum atomic E-state index is 5.36. The van der Waals surface area contributed by atoms with E-state index in [1.807, 2.05) is 42.6 Å². The van der Waals surface area contributed by atoms with E-state index < -0.39 is 0 Å². The Balaban J connectivity index is 2.01. The van der Waals surface area contributed by atoms with E-state index >= 15 is 0 Å². The monoisotopic (exact) mass is 242 g/mol. The third-order valence-electron chi connectivity index (χ3n) is 2.92. The molecule has 0 bridgehead atoms. The summed E-state index contributed by atoms with van der Waals surface area (Å²) >= 11 is 0. The van der Waals surface area contributed by atoms with Crippen molar-refractivity contribution in [3.63, 3.8) is 0 Å². The normalized spacial score (nSPS) is 12.1. The number of hydrogen-bond donors (Lipinski definition) is 1. The summed E-state index contributed by atoms with van der Waals surface area (Å²) in [6.07, 6.45) is 1.81. The van der Waals surface area contributed by atoms with Gasteiger partial charge in [-0.1, -0.05) is 24.3 Å². The van der Waals surface area contributed by atoms with Crippen LogP contribution in [-0.4, -0.2) is 12.1 Å². The minimum Gasteiger partial charge on any atom is -0.496 e. The summed E-state index contributed by atoms with van der Waals surface area (Å²) < 4.78 is 5.36. The molecular formula is C15H18N2O. The predicted molar refractivity (Wildman–Crippen MR) is 72.5 cm³/mol. The van der Waals surface area contributed by atoms with E-state index in [1.165, 1.54) is 0 Å². The molecule has 0 aliphatic carbocycles. The van der Waals surface area contributed by atoms with Gasteiger partial charge in [-0.3, -0.25) is 4.98 Å². The van der Waals surface area contributed by atoms with Gasteiger partial charge >= 0.3 is 0 Å². The Morgan fingerprint density at radius 1 is 1.17 bits per heavy atom. The van der Waals surface area contributed by atoms with Crippen LogP contribution in [0.25, 0.3) is 0 Å². The van der Waals surface area contributed by atoms with Gasteiger partial charge in [0.1, 0.15) is 5.75 Å². The maximum absolute atomic E-state index is 5.36. The fourth-order valence-electron chi connectivity index (χ4n) is 1.89. The summed E-state index contributed by atoms with van der Waals surface area (Å²) in [6, 6.07) is 14.2. The van der Waals surface area contributed by atoms with E-state index in [0.717, 1.165) is 23.6 Å². The molecule has 0 spiro atoms. The quantitative estimate of drug-likeness (QED) is 0.875. The van der Waals surface area contributed by atoms with Crippen molar-refractivity contribution in [2.24, 2.45) is 0 Å². The topological polar surface area (TPSA) is 34.1 Å². The number of hydrogen-bond acceptors (Lipinski definition) is 3. The molecule has 94 valence electrons. The van der Waals surface area contributed by atoms with Crippen LogP contribution in [0, 0.1) is 0 Å². The van der Waals surface area contributed by atoms with Crippen LogP contribution in [0.1, 0.15) is 24.2 Å². The summed E-state index contributed by atoms with van der Waals surface area (Å²) in [6.45, 7) is 2.88. The van der Waals surface area contributed by atoms with Gasteiger partial charge in [0.2, 0.25) is 0 Å². The minimum atomic E-state index is 0.225. The number of pyridine rings is 1. The number of methoxy groups -OCH3 is 1. The van der Waals surface area contributed by atoms with Gasteiger partial charge < -0.3 is 10.1 Å². The van der Waals surface area contributed by atoms with E-state index in [4.69, 9.17) is 4.74 Å². The Labute approximate surface area is 108 Å². The summed E-state index contributed by atoms with van der Waals surface area (Å²) in [7, 11) is 1.70. The van der Waals surface area contributed by atoms with Crippen molar-refractivity contribution < 1.29 is 4.74 Å². The first-order valence-electron chi connectivity index (χ1n) is 6.07. The molecule has 1 N–H and O–H groups in total. The molecule has 0 radical (unpaired) electrons. The number of para-hydroxylation sites is 1. The van der Waals surface area contributed by atoms with Crippen LogP contribution in [0.4, 0.5) is 0 Å². The maximum Gasteiger partial charge on any atom is 0.123 e. The number of benzene rings is 1. The second kappa shape index (κ2) is 6.17. The number of nitrogens with zero attached hydrogens (tertiary/aromatic N) is 1. The number of ether oxygens (including phenoxy) is 1. The molecule has 0 unspecified atom stereocenters. The highest BCUT2D eigenvalue weighted by atomic mass is 16.5. The molecule has 0 amide bonds. The molecule has 2 aromatic rings. The van der Waals surface area contributed by atoms with Crippen molar-refractivity contribution in [3.05, 3.63) is 59.9 Å². The van der Waals surface area contributed by atoms with Gasteiger partial charge in [0, 0.05) is 24.3 Å². The molecule has 18 heavy (non-hydrogen) atoms. The average Bonchev–Trinajstić information content (AvgIpc) is 2.45. The van der Waals surface area contributed by atoms with Gasteiger partial charge in [0.15, 0.2) is 0 Å². The van der Waals surface area contributed by atoms with E-state index in [-0.39, 0.29) is 6.04 Å². The lowest BCUT2D eigenvalue weighted by Gasteiger charge is -2.16. The lowest BCUT2D eigenvalue weighted by atomic mass is 10.1. The van der Waals surface area contributed by atoms with Gasteiger partial charge in [0.25, 0.3) is 0 Å². The number of nitrogens with one attached hydrogen (secondary N) is 1. The molecule has 1 aromatic heterocycles. The molecule has 0 aliphatic heterocycles. The Hall–Kier alpha value is -1.87. The van der Waals surface area contributed by atoms with E-state index in [9.17, 15) is 0 Å². The highest BCUT2D eigenvalue weighted by Crippen LogP contribution is 2.24. The molecule has 1 heterocycles. The average molecular weight is 242 g/mol. The molecule has 0 saturated heterocycles. The van der Waals surface area contributed by atoms with Crippen LogP contribution in [0.2, 0.25) is 0 Å². The first-order valence-corrected chi connectivity index (χ1v) is 6.07. The van der Waals surface area contributed by atoms with Crippen molar-refractivity contribution >= 4 is 0 Å². The fourth-order valence-corrected chi connectivity index (χ4v) is 1.89. The Morgan fingerprint density at radius 3 is 2.67 bits per heavy atom. The van der Waals surface area contributed by atoms with Crippen molar-refractivity contribution in [3.8, 4) is 5.75 Å². The Bertz CT molecular complexity index is 485. The molecule has 1 aromatic carbocycles. The summed E-state index contributed by atoms with van der Waals surface area (Å²) in [5, 5.41) is 3.45. The standard InChI is InChI=1S/C15H18N2O/c1-12(14-8-3-4-9-15(14)18-2)17-11-13-7-5-6-10-16-13/h3-10,12,17H,11H2,1-2H3/t12-/m0/s1. The molecule has 0 aliphatic rings. The molecule has 1 atom stereocenters. The largest absolute Gasteiger partial charge is 0.496 e. The zero-order valence-corrected chi connectivity index (χ0v) is 10.8. The van der Waals surface area contributed by atoms with Crippen LogP contribution < -0.4 is 10.1 Å². The molecule has 3 nitrogen and oxygen atoms in total. The van der Waals surface area contributed by atoms with Gasteiger partial charge in [-0.25, -0.2) is 0 Å². The highest BCUT2D eigenvalue weighted by molar-refractivity contribution is 5.35. The van der Waals surface area contributed by atoms with Gasteiger partial charge in [-0.05, 0) is 25.1 Å². The second-order valence-electron chi connectivity index (χ2n) is 4.17. The summed E-state index contributed by atoms with van der Waals surface area (Å²) in [4.78, 5) is 4.29. The van der Waals surface area contributed by atoms with Crippen molar-refractivity contribution in [1.82, 2.24) is 10.3 Å². The molecule has 3 heteroatoms. The Kier molecular flexibility index (Phi) is 4.31. The van der Waals surface area contributed by atoms with Crippen molar-refractivity contribution in [2.45, 2.75) is 19.5 Å². The number of rotatable bonds is 5. The van der Waals surface area contributed by atoms with Gasteiger partial charge in [-0.15, -0.1) is 0 Å². The third-order valence-corrected chi connectivity index (χ3v) is 2.92. The SMILES string of the molecule is COc1ccccc1[C@H](C)NCc1ccccn1. The van der Waals surface area contributed by atoms with Crippen LogP contribution in [-0.2, 0) is 6.54 Å². The molecule has 2 rings (SSSR count). The second-order valence-corrected chi connectivity index (χ2v) is 4.17. The molecular weight excluding hydrogens is 224 g/mol. The minimum absolute atomic E-state index is 0.225. The van der Waals surface area contributed by atoms with Crippen LogP contribution in [0.15, 0.2) is 48.7 Å². The van der Waals surface area contributed by atoms with E-state index in [0.29, 0.717) is 0 Å². The smallest absolute Gasteiger partial charge is 0.123 e. The van der Waals surface area contributed by atoms with E-state index in [2.05, 4.69) is 23.3 Å². The highest BCUT2D eigenvalue weighted by Gasteiger charge is 2.09. The van der Waals surface area contributed by atoms with E-state index in [1.54, 1.807) is 7.11 Å². The van der Waals surface area contributed by atoms with Crippen molar-refractivity contribution in [1.29, 1.82) is 0 Å². The van der Waals surface area contributed by atoms with Crippen LogP contribution in [0.3, 0.4) is 0 Å². The lowest BCUT2D eigenvalue weighted by molar-refractivity contribution is 0.401. The first kappa shape index (κ1) is 12.6. The first-order chi connectivity index (χ1) is 8.81. The van der Waals surface area contributed by atoms with Crippen LogP contribution >= 0.6 is 0 Å². The zero-order valence-electron chi connectivity index (χ0n) is 10.8. The van der Waals surface area contributed by atoms with Gasteiger partial charge in [0.05, 0.1) is 12.8 Å². The summed E-state index contributed by atoms with van der Waals surface area (Å²) in [5.41, 5.74) is 2.20. The van der Waals surface area contributed by atoms with Crippen LogP contribution in [0.5, 0.6) is 5.75 Å². The predicted octanol–water partition coefficient (Wildman–Crippen LogP) is 2.94. The van der Waals surface area contributed by atoms with Crippen molar-refractivity contribution in [2.75, 3.05) is 7.11 Å². The number of aromatic nitrogens is 1. The fraction of sp³-hybridized carbons (Fsp3) is 0.267. The van der Waals surface area contributed by atoms with Gasteiger partial charge in [-0.2, -0.15) is 0 Å². The Morgan fingerprint density at radius 2 is 1.94 bits per heavy atom. The lowest BCUT2D eigenvalue weighted by Crippen LogP contribution is -2.19. The summed E-state index contributed by atoms with van der Waals surface area (Å²) in [5.74, 6) is 0.915. The molecule has 0 fully saturated rings. The zero-order chi connectivity index (χ0) is 12.8.